The molecule has 0 amide bonds. The van der Waals surface area contributed by atoms with Gasteiger partial charge in [0.25, 0.3) is 5.56 Å². The summed E-state index contributed by atoms with van der Waals surface area (Å²) in [4.78, 5) is 45.0. The highest BCUT2D eigenvalue weighted by Gasteiger charge is 2.33. The predicted octanol–water partition coefficient (Wildman–Crippen LogP) is 5.80. The van der Waals surface area contributed by atoms with E-state index in [4.69, 9.17) is 14.2 Å². The van der Waals surface area contributed by atoms with Gasteiger partial charge in [-0.1, -0.05) is 35.6 Å². The lowest BCUT2D eigenvalue weighted by atomic mass is 9.96. The number of nitrogens with zero attached hydrogens (tertiary/aromatic N) is 2. The molecule has 238 valence electrons. The quantitative estimate of drug-likeness (QED) is 0.122. The van der Waals surface area contributed by atoms with Crippen molar-refractivity contribution in [1.82, 2.24) is 4.57 Å². The third-order valence-corrected chi connectivity index (χ3v) is 9.65. The molecule has 0 saturated heterocycles. The summed E-state index contributed by atoms with van der Waals surface area (Å²) in [7, 11) is 1.53. The van der Waals surface area contributed by atoms with E-state index in [2.05, 4.69) is 27.6 Å². The van der Waals surface area contributed by atoms with Crippen molar-refractivity contribution in [1.29, 1.82) is 0 Å². The van der Waals surface area contributed by atoms with Crippen LogP contribution in [0.1, 0.15) is 53.9 Å². The summed E-state index contributed by atoms with van der Waals surface area (Å²) in [5.74, 6) is -0.555. The van der Waals surface area contributed by atoms with Crippen LogP contribution < -0.4 is 24.4 Å². The number of allylic oxidation sites excluding steroid dienone is 1. The highest BCUT2D eigenvalue weighted by atomic mass is 127. The Labute approximate surface area is 287 Å². The maximum atomic E-state index is 14.1. The van der Waals surface area contributed by atoms with Crippen molar-refractivity contribution in [3.05, 3.63) is 117 Å². The van der Waals surface area contributed by atoms with Gasteiger partial charge in [0.15, 0.2) is 16.3 Å². The number of aromatic nitrogens is 1. The largest absolute Gasteiger partial charge is 0.493 e. The minimum absolute atomic E-state index is 0.143. The lowest BCUT2D eigenvalue weighted by Gasteiger charge is -2.25. The molecule has 1 aliphatic heterocycles. The van der Waals surface area contributed by atoms with Crippen molar-refractivity contribution in [2.24, 2.45) is 4.99 Å². The van der Waals surface area contributed by atoms with Gasteiger partial charge in [-0.15, -0.1) is 11.8 Å². The standard InChI is InChI=1S/C34H31IN2O7S2/c1-18(2)44-33(41)28-19(3)36-34-37(29(28)22-9-11-24(45-5)12-10-22)31(38)27(46-34)16-21-14-25(35)30(26(15-21)42-4)43-17-20-7-6-8-23(13-20)32(39)40/h6-16,18,29H,17H2,1-5H3,(H,39,40)/b27-16+/t29-/m0/s1. The second kappa shape index (κ2) is 14.3. The third kappa shape index (κ3) is 7.08. The number of fused-ring (bicyclic) bond motifs is 1. The topological polar surface area (TPSA) is 116 Å². The average Bonchev–Trinajstić information content (AvgIpc) is 3.32. The Bertz CT molecular complexity index is 2030. The molecule has 1 aromatic heterocycles. The van der Waals surface area contributed by atoms with Gasteiger partial charge in [0.1, 0.15) is 6.61 Å². The molecular formula is C34H31IN2O7S2. The van der Waals surface area contributed by atoms with Crippen molar-refractivity contribution in [2.45, 2.75) is 44.4 Å². The zero-order valence-corrected chi connectivity index (χ0v) is 29.5. The van der Waals surface area contributed by atoms with Gasteiger partial charge in [0.2, 0.25) is 0 Å². The Kier molecular flexibility index (Phi) is 10.4. The van der Waals surface area contributed by atoms with Crippen molar-refractivity contribution in [3.63, 3.8) is 0 Å². The highest BCUT2D eigenvalue weighted by molar-refractivity contribution is 14.1. The van der Waals surface area contributed by atoms with E-state index in [-0.39, 0.29) is 23.8 Å². The molecule has 0 spiro atoms. The van der Waals surface area contributed by atoms with E-state index < -0.39 is 18.0 Å². The van der Waals surface area contributed by atoms with Crippen LogP contribution in [0, 0.1) is 3.57 Å². The second-order valence-electron chi connectivity index (χ2n) is 10.6. The summed E-state index contributed by atoms with van der Waals surface area (Å²) in [6.07, 6.45) is 3.42. The highest BCUT2D eigenvalue weighted by Crippen LogP contribution is 2.35. The molecule has 1 aliphatic rings. The number of ether oxygens (including phenoxy) is 3. The first-order valence-electron chi connectivity index (χ1n) is 14.2. The molecule has 1 N–H and O–H groups in total. The van der Waals surface area contributed by atoms with Crippen LogP contribution >= 0.6 is 45.7 Å². The zero-order valence-electron chi connectivity index (χ0n) is 25.7. The summed E-state index contributed by atoms with van der Waals surface area (Å²) in [5, 5.41) is 9.30. The molecule has 0 fully saturated rings. The number of aromatic carboxylic acids is 1. The molecule has 0 aliphatic carbocycles. The molecule has 46 heavy (non-hydrogen) atoms. The van der Waals surface area contributed by atoms with E-state index in [1.807, 2.05) is 36.6 Å². The van der Waals surface area contributed by atoms with E-state index in [0.29, 0.717) is 43.2 Å². The second-order valence-corrected chi connectivity index (χ2v) is 13.7. The Balaban J connectivity index is 1.55. The number of thiazole rings is 1. The van der Waals surface area contributed by atoms with Crippen LogP contribution in [0.4, 0.5) is 0 Å². The van der Waals surface area contributed by atoms with Crippen molar-refractivity contribution >= 4 is 63.7 Å². The number of methoxy groups -OCH3 is 1. The van der Waals surface area contributed by atoms with Crippen molar-refractivity contribution < 1.29 is 28.9 Å². The number of benzene rings is 3. The molecular weight excluding hydrogens is 739 g/mol. The number of hydrogen-bond acceptors (Lipinski definition) is 9. The molecule has 5 rings (SSSR count). The molecule has 0 radical (unpaired) electrons. The number of carboxylic acids is 1. The van der Waals surface area contributed by atoms with E-state index in [0.717, 1.165) is 14.0 Å². The van der Waals surface area contributed by atoms with Gasteiger partial charge in [-0.05, 0) is 109 Å². The maximum Gasteiger partial charge on any atom is 0.338 e. The Morgan fingerprint density at radius 2 is 1.89 bits per heavy atom. The van der Waals surface area contributed by atoms with Crippen LogP contribution in [-0.2, 0) is 16.1 Å². The molecule has 0 saturated carbocycles. The smallest absolute Gasteiger partial charge is 0.338 e. The molecule has 9 nitrogen and oxygen atoms in total. The summed E-state index contributed by atoms with van der Waals surface area (Å²) in [5.41, 5.74) is 2.92. The van der Waals surface area contributed by atoms with Crippen LogP contribution in [0.5, 0.6) is 11.5 Å². The summed E-state index contributed by atoms with van der Waals surface area (Å²) < 4.78 is 20.0. The molecule has 4 aromatic rings. The van der Waals surface area contributed by atoms with Gasteiger partial charge >= 0.3 is 11.9 Å². The number of carbonyl (C=O) groups is 2. The maximum absolute atomic E-state index is 14.1. The lowest BCUT2D eigenvalue weighted by Crippen LogP contribution is -2.40. The third-order valence-electron chi connectivity index (χ3n) is 7.12. The van der Waals surface area contributed by atoms with Gasteiger partial charge in [0, 0.05) is 4.90 Å². The van der Waals surface area contributed by atoms with Gasteiger partial charge in [-0.25, -0.2) is 14.6 Å². The fourth-order valence-electron chi connectivity index (χ4n) is 5.03. The van der Waals surface area contributed by atoms with Crippen LogP contribution in [0.2, 0.25) is 0 Å². The molecule has 0 bridgehead atoms. The number of thioether (sulfide) groups is 1. The minimum Gasteiger partial charge on any atom is -0.493 e. The van der Waals surface area contributed by atoms with Crippen LogP contribution in [0.3, 0.4) is 0 Å². The van der Waals surface area contributed by atoms with Gasteiger partial charge in [-0.3, -0.25) is 9.36 Å². The average molecular weight is 771 g/mol. The number of carboxylic acid groups (broad SMARTS) is 1. The fourth-order valence-corrected chi connectivity index (χ4v) is 7.26. The predicted molar refractivity (Wildman–Crippen MR) is 187 cm³/mol. The lowest BCUT2D eigenvalue weighted by molar-refractivity contribution is -0.143. The number of halogens is 1. The Hall–Kier alpha value is -3.88. The van der Waals surface area contributed by atoms with E-state index in [1.165, 1.54) is 24.5 Å². The molecule has 0 unspecified atom stereocenters. The number of esters is 1. The van der Waals surface area contributed by atoms with Crippen LogP contribution in [-0.4, -0.2) is 41.1 Å². The summed E-state index contributed by atoms with van der Waals surface area (Å²) in [6.45, 7) is 5.48. The number of carbonyl (C=O) groups excluding carboxylic acids is 1. The number of rotatable bonds is 10. The van der Waals surface area contributed by atoms with Gasteiger partial charge in [-0.2, -0.15) is 0 Å². The minimum atomic E-state index is -1.01. The van der Waals surface area contributed by atoms with Crippen molar-refractivity contribution in [2.75, 3.05) is 13.4 Å². The zero-order chi connectivity index (χ0) is 33.1. The summed E-state index contributed by atoms with van der Waals surface area (Å²) in [6, 6.07) is 17.3. The normalized spacial score (nSPS) is 14.6. The van der Waals surface area contributed by atoms with Crippen LogP contribution in [0.25, 0.3) is 6.08 Å². The molecule has 1 atom stereocenters. The van der Waals surface area contributed by atoms with E-state index >= 15 is 0 Å². The first kappa shape index (κ1) is 33.5. The van der Waals surface area contributed by atoms with Crippen LogP contribution in [0.15, 0.2) is 86.6 Å². The fraction of sp³-hybridized carbons (Fsp3) is 0.235. The Morgan fingerprint density at radius 1 is 1.15 bits per heavy atom. The van der Waals surface area contributed by atoms with Gasteiger partial charge < -0.3 is 19.3 Å². The molecule has 3 aromatic carbocycles. The van der Waals surface area contributed by atoms with Crippen molar-refractivity contribution in [3.8, 4) is 11.5 Å². The SMILES string of the molecule is COc1cc(/C=c2/sc3n(c2=O)[C@@H](c2ccc(SC)cc2)C(C(=O)OC(C)C)=C(C)N=3)cc(I)c1OCc1cccc(C(=O)O)c1. The van der Waals surface area contributed by atoms with Gasteiger partial charge in [0.05, 0.1) is 44.2 Å². The van der Waals surface area contributed by atoms with E-state index in [9.17, 15) is 19.5 Å². The summed E-state index contributed by atoms with van der Waals surface area (Å²) >= 11 is 5.00. The van der Waals surface area contributed by atoms with E-state index in [1.54, 1.807) is 67.4 Å². The molecule has 2 heterocycles. The Morgan fingerprint density at radius 3 is 2.54 bits per heavy atom. The number of hydrogen-bond donors (Lipinski definition) is 1. The monoisotopic (exact) mass is 770 g/mol. The first-order valence-corrected chi connectivity index (χ1v) is 17.3. The first-order chi connectivity index (χ1) is 22.0. The molecule has 12 heteroatoms.